The van der Waals surface area contributed by atoms with Gasteiger partial charge in [0.05, 0.1) is 0 Å². The van der Waals surface area contributed by atoms with Gasteiger partial charge in [0.15, 0.2) is 0 Å². The van der Waals surface area contributed by atoms with Gasteiger partial charge < -0.3 is 10.1 Å². The lowest BCUT2D eigenvalue weighted by Gasteiger charge is -2.21. The maximum Gasteiger partial charge on any atom is 0.123 e. The fourth-order valence-electron chi connectivity index (χ4n) is 2.71. The third kappa shape index (κ3) is 2.47. The largest absolute Gasteiger partial charge is 0.487 e. The fraction of sp³-hybridized carbons (Fsp3) is 0.600. The first-order valence-corrected chi connectivity index (χ1v) is 6.42. The Balaban J connectivity index is 2.30. The van der Waals surface area contributed by atoms with E-state index in [0.29, 0.717) is 12.0 Å². The lowest BCUT2D eigenvalue weighted by molar-refractivity contribution is 0.138. The zero-order chi connectivity index (χ0) is 12.6. The summed E-state index contributed by atoms with van der Waals surface area (Å²) in [5, 5.41) is 3.39. The smallest absolute Gasteiger partial charge is 0.123 e. The number of ether oxygens (including phenoxy) is 1. The topological polar surface area (TPSA) is 21.3 Å². The SMILES string of the molecule is CNC(c1ccc2c(c1)CC(C)(C)O2)C(C)C. The minimum Gasteiger partial charge on any atom is -0.487 e. The highest BCUT2D eigenvalue weighted by Crippen LogP contribution is 2.36. The van der Waals surface area contributed by atoms with Crippen molar-refractivity contribution in [1.82, 2.24) is 5.32 Å². The van der Waals surface area contributed by atoms with Gasteiger partial charge in [-0.05, 0) is 44.0 Å². The molecule has 1 aliphatic heterocycles. The van der Waals surface area contributed by atoms with E-state index < -0.39 is 0 Å². The molecule has 0 aliphatic carbocycles. The Bertz CT molecular complexity index is 409. The maximum atomic E-state index is 5.90. The van der Waals surface area contributed by atoms with Crippen molar-refractivity contribution in [1.29, 1.82) is 0 Å². The molecule has 0 bridgehead atoms. The number of hydrogen-bond acceptors (Lipinski definition) is 2. The first-order valence-electron chi connectivity index (χ1n) is 6.42. The lowest BCUT2D eigenvalue weighted by atomic mass is 9.93. The minimum absolute atomic E-state index is 0.0477. The van der Waals surface area contributed by atoms with Crippen molar-refractivity contribution in [2.45, 2.75) is 45.8 Å². The molecule has 2 rings (SSSR count). The molecule has 1 heterocycles. The summed E-state index contributed by atoms with van der Waals surface area (Å²) in [6.07, 6.45) is 1.00. The number of nitrogens with one attached hydrogen (secondary N) is 1. The monoisotopic (exact) mass is 233 g/mol. The second-order valence-electron chi connectivity index (χ2n) is 5.92. The van der Waals surface area contributed by atoms with Gasteiger partial charge in [0.25, 0.3) is 0 Å². The number of fused-ring (bicyclic) bond motifs is 1. The first kappa shape index (κ1) is 12.4. The second kappa shape index (κ2) is 4.34. The van der Waals surface area contributed by atoms with Crippen LogP contribution in [-0.4, -0.2) is 12.6 Å². The molecule has 1 unspecified atom stereocenters. The molecule has 0 spiro atoms. The van der Waals surface area contributed by atoms with Crippen molar-refractivity contribution >= 4 is 0 Å². The normalized spacial score (nSPS) is 18.9. The number of benzene rings is 1. The highest BCUT2D eigenvalue weighted by atomic mass is 16.5. The predicted molar refractivity (Wildman–Crippen MR) is 71.5 cm³/mol. The van der Waals surface area contributed by atoms with E-state index in [0.717, 1.165) is 12.2 Å². The van der Waals surface area contributed by atoms with Crippen molar-refractivity contribution in [3.63, 3.8) is 0 Å². The first-order chi connectivity index (χ1) is 7.93. The van der Waals surface area contributed by atoms with Crippen LogP contribution in [0, 0.1) is 5.92 Å². The Morgan fingerprint density at radius 1 is 1.29 bits per heavy atom. The van der Waals surface area contributed by atoms with Gasteiger partial charge in [-0.1, -0.05) is 26.0 Å². The molecule has 0 fully saturated rings. The van der Waals surface area contributed by atoms with E-state index >= 15 is 0 Å². The number of hydrogen-bond donors (Lipinski definition) is 1. The van der Waals surface area contributed by atoms with Gasteiger partial charge in [-0.3, -0.25) is 0 Å². The van der Waals surface area contributed by atoms with Crippen molar-refractivity contribution in [2.75, 3.05) is 7.05 Å². The Kier molecular flexibility index (Phi) is 3.17. The molecular weight excluding hydrogens is 210 g/mol. The molecule has 1 aromatic rings. The summed E-state index contributed by atoms with van der Waals surface area (Å²) < 4.78 is 5.90. The lowest BCUT2D eigenvalue weighted by Crippen LogP contribution is -2.24. The van der Waals surface area contributed by atoms with Crippen LogP contribution < -0.4 is 10.1 Å². The van der Waals surface area contributed by atoms with Gasteiger partial charge in [0.2, 0.25) is 0 Å². The van der Waals surface area contributed by atoms with Gasteiger partial charge in [-0.2, -0.15) is 0 Å². The zero-order valence-corrected chi connectivity index (χ0v) is 11.5. The van der Waals surface area contributed by atoms with Gasteiger partial charge in [0, 0.05) is 12.5 Å². The standard InChI is InChI=1S/C15H23NO/c1-10(2)14(16-5)11-6-7-13-12(8-11)9-15(3,4)17-13/h6-8,10,14,16H,9H2,1-5H3. The van der Waals surface area contributed by atoms with E-state index in [2.05, 4.69) is 51.2 Å². The predicted octanol–water partition coefficient (Wildman–Crippen LogP) is 3.32. The highest BCUT2D eigenvalue weighted by Gasteiger charge is 2.30. The Labute approximate surface area is 104 Å². The molecule has 17 heavy (non-hydrogen) atoms. The summed E-state index contributed by atoms with van der Waals surface area (Å²) in [6.45, 7) is 8.78. The van der Waals surface area contributed by atoms with Crippen LogP contribution in [0.2, 0.25) is 0 Å². The zero-order valence-electron chi connectivity index (χ0n) is 11.5. The molecular formula is C15H23NO. The molecule has 1 aromatic carbocycles. The molecule has 0 aromatic heterocycles. The average molecular weight is 233 g/mol. The van der Waals surface area contributed by atoms with Gasteiger partial charge in [0.1, 0.15) is 11.4 Å². The van der Waals surface area contributed by atoms with Crippen LogP contribution in [0.3, 0.4) is 0 Å². The van der Waals surface area contributed by atoms with Crippen LogP contribution in [0.5, 0.6) is 5.75 Å². The molecule has 0 saturated heterocycles. The van der Waals surface area contributed by atoms with E-state index in [1.54, 1.807) is 0 Å². The molecule has 1 N–H and O–H groups in total. The molecule has 2 heteroatoms. The van der Waals surface area contributed by atoms with Crippen LogP contribution in [-0.2, 0) is 6.42 Å². The fourth-order valence-corrected chi connectivity index (χ4v) is 2.71. The van der Waals surface area contributed by atoms with Crippen LogP contribution in [0.25, 0.3) is 0 Å². The van der Waals surface area contributed by atoms with Crippen molar-refractivity contribution in [3.05, 3.63) is 29.3 Å². The maximum absolute atomic E-state index is 5.90. The van der Waals surface area contributed by atoms with Gasteiger partial charge >= 0.3 is 0 Å². The summed E-state index contributed by atoms with van der Waals surface area (Å²) in [6, 6.07) is 7.02. The summed E-state index contributed by atoms with van der Waals surface area (Å²) in [4.78, 5) is 0. The van der Waals surface area contributed by atoms with Crippen LogP contribution in [0.4, 0.5) is 0 Å². The minimum atomic E-state index is -0.0477. The van der Waals surface area contributed by atoms with Crippen molar-refractivity contribution < 1.29 is 4.74 Å². The van der Waals surface area contributed by atoms with Gasteiger partial charge in [-0.25, -0.2) is 0 Å². The van der Waals surface area contributed by atoms with E-state index in [1.165, 1.54) is 11.1 Å². The molecule has 1 atom stereocenters. The Hall–Kier alpha value is -1.02. The molecule has 0 amide bonds. The summed E-state index contributed by atoms with van der Waals surface area (Å²) >= 11 is 0. The molecule has 94 valence electrons. The molecule has 0 radical (unpaired) electrons. The Morgan fingerprint density at radius 2 is 2.00 bits per heavy atom. The average Bonchev–Trinajstić information content (AvgIpc) is 2.51. The number of rotatable bonds is 3. The second-order valence-corrected chi connectivity index (χ2v) is 5.92. The van der Waals surface area contributed by atoms with E-state index in [1.807, 2.05) is 7.05 Å². The summed E-state index contributed by atoms with van der Waals surface area (Å²) in [5.41, 5.74) is 2.66. The third-order valence-electron chi connectivity index (χ3n) is 3.42. The van der Waals surface area contributed by atoms with Crippen molar-refractivity contribution in [2.24, 2.45) is 5.92 Å². The van der Waals surface area contributed by atoms with Gasteiger partial charge in [-0.15, -0.1) is 0 Å². The van der Waals surface area contributed by atoms with Crippen LogP contribution >= 0.6 is 0 Å². The molecule has 0 saturated carbocycles. The van der Waals surface area contributed by atoms with E-state index in [9.17, 15) is 0 Å². The molecule has 2 nitrogen and oxygen atoms in total. The highest BCUT2D eigenvalue weighted by molar-refractivity contribution is 5.42. The van der Waals surface area contributed by atoms with E-state index in [4.69, 9.17) is 4.74 Å². The summed E-state index contributed by atoms with van der Waals surface area (Å²) in [5.74, 6) is 1.64. The Morgan fingerprint density at radius 3 is 2.59 bits per heavy atom. The van der Waals surface area contributed by atoms with E-state index in [-0.39, 0.29) is 5.60 Å². The van der Waals surface area contributed by atoms with Crippen molar-refractivity contribution in [3.8, 4) is 5.75 Å². The third-order valence-corrected chi connectivity index (χ3v) is 3.42. The summed E-state index contributed by atoms with van der Waals surface area (Å²) in [7, 11) is 2.03. The van der Waals surface area contributed by atoms with Crippen LogP contribution in [0.1, 0.15) is 44.9 Å². The van der Waals surface area contributed by atoms with Crippen LogP contribution in [0.15, 0.2) is 18.2 Å². The quantitative estimate of drug-likeness (QED) is 0.864. The molecule has 1 aliphatic rings.